The van der Waals surface area contributed by atoms with Crippen LogP contribution < -0.4 is 5.32 Å². The lowest BCUT2D eigenvalue weighted by atomic mass is 9.80. The Balaban J connectivity index is 1.59. The van der Waals surface area contributed by atoms with Crippen molar-refractivity contribution in [2.45, 2.75) is 95.8 Å². The van der Waals surface area contributed by atoms with Gasteiger partial charge in [-0.2, -0.15) is 0 Å². The molecule has 3 rings (SSSR count). The van der Waals surface area contributed by atoms with E-state index in [9.17, 15) is 0 Å². The van der Waals surface area contributed by atoms with Crippen molar-refractivity contribution in [2.75, 3.05) is 6.54 Å². The molecule has 0 aromatic carbocycles. The molecule has 1 saturated carbocycles. The summed E-state index contributed by atoms with van der Waals surface area (Å²) in [5.74, 6) is 1.08. The summed E-state index contributed by atoms with van der Waals surface area (Å²) in [6, 6.07) is 3.42. The van der Waals surface area contributed by atoms with Crippen LogP contribution in [0.1, 0.15) is 71.6 Å². The number of fused-ring (bicyclic) bond motifs is 2. The van der Waals surface area contributed by atoms with Gasteiger partial charge in [0.05, 0.1) is 0 Å². The number of piperidine rings is 2. The summed E-state index contributed by atoms with van der Waals surface area (Å²) >= 11 is 0. The number of hydrogen-bond acceptors (Lipinski definition) is 2. The average molecular weight is 264 g/mol. The van der Waals surface area contributed by atoms with Crippen LogP contribution in [0.15, 0.2) is 0 Å². The summed E-state index contributed by atoms with van der Waals surface area (Å²) in [7, 11) is 0. The smallest absolute Gasteiger partial charge is 0.0116 e. The molecule has 2 aliphatic heterocycles. The molecule has 2 nitrogen and oxygen atoms in total. The predicted molar refractivity (Wildman–Crippen MR) is 81.4 cm³/mol. The molecule has 3 unspecified atom stereocenters. The van der Waals surface area contributed by atoms with Crippen LogP contribution >= 0.6 is 0 Å². The quantitative estimate of drug-likeness (QED) is 0.789. The molecule has 0 aromatic rings. The molecule has 2 saturated heterocycles. The molecule has 19 heavy (non-hydrogen) atoms. The van der Waals surface area contributed by atoms with E-state index in [1.54, 1.807) is 0 Å². The molecule has 3 fully saturated rings. The molecule has 1 N–H and O–H groups in total. The van der Waals surface area contributed by atoms with Crippen molar-refractivity contribution in [1.29, 1.82) is 0 Å². The van der Waals surface area contributed by atoms with Crippen molar-refractivity contribution in [3.05, 3.63) is 0 Å². The molecule has 2 heterocycles. The van der Waals surface area contributed by atoms with Gasteiger partial charge in [0.1, 0.15) is 0 Å². The van der Waals surface area contributed by atoms with E-state index in [2.05, 4.69) is 24.1 Å². The first-order valence-corrected chi connectivity index (χ1v) is 8.78. The van der Waals surface area contributed by atoms with E-state index in [4.69, 9.17) is 0 Å². The van der Waals surface area contributed by atoms with Gasteiger partial charge < -0.3 is 5.32 Å². The lowest BCUT2D eigenvalue weighted by Gasteiger charge is -2.52. The Kier molecular flexibility index (Phi) is 4.48. The molecule has 110 valence electrons. The molecule has 1 aliphatic carbocycles. The summed E-state index contributed by atoms with van der Waals surface area (Å²) in [6.45, 7) is 5.99. The van der Waals surface area contributed by atoms with Crippen molar-refractivity contribution in [1.82, 2.24) is 10.2 Å². The van der Waals surface area contributed by atoms with E-state index in [1.165, 1.54) is 64.3 Å². The Hall–Kier alpha value is -0.0800. The lowest BCUT2D eigenvalue weighted by Crippen LogP contribution is -2.59. The zero-order valence-electron chi connectivity index (χ0n) is 12.9. The molecule has 2 heteroatoms. The van der Waals surface area contributed by atoms with Crippen LogP contribution in [-0.2, 0) is 0 Å². The highest BCUT2D eigenvalue weighted by molar-refractivity contribution is 4.97. The second-order valence-electron chi connectivity index (χ2n) is 7.34. The van der Waals surface area contributed by atoms with Crippen LogP contribution in [0.2, 0.25) is 0 Å². The van der Waals surface area contributed by atoms with Gasteiger partial charge in [0.15, 0.2) is 0 Å². The monoisotopic (exact) mass is 264 g/mol. The van der Waals surface area contributed by atoms with Crippen molar-refractivity contribution < 1.29 is 0 Å². The fraction of sp³-hybridized carbons (Fsp3) is 1.00. The summed E-state index contributed by atoms with van der Waals surface area (Å²) in [6.07, 6.45) is 13.0. The standard InChI is InChI=1S/C17H32N2/c1-3-9-18-15-11-16-5-4-6-17(12-15)19(16)13(2)10-14-7-8-14/h13-18H,3-12H2,1-2H3. The Bertz CT molecular complexity index is 273. The van der Waals surface area contributed by atoms with Crippen molar-refractivity contribution in [3.8, 4) is 0 Å². The van der Waals surface area contributed by atoms with E-state index in [0.717, 1.165) is 30.1 Å². The van der Waals surface area contributed by atoms with Gasteiger partial charge in [-0.15, -0.1) is 0 Å². The van der Waals surface area contributed by atoms with Gasteiger partial charge in [-0.25, -0.2) is 0 Å². The normalized spacial score (nSPS) is 37.3. The molecule has 0 aromatic heterocycles. The van der Waals surface area contributed by atoms with Gasteiger partial charge in [0.2, 0.25) is 0 Å². The average Bonchev–Trinajstić information content (AvgIpc) is 3.19. The van der Waals surface area contributed by atoms with E-state index in [0.29, 0.717) is 0 Å². The maximum Gasteiger partial charge on any atom is 0.0116 e. The SMILES string of the molecule is CCCNC1CC2CCCC(C1)N2C(C)CC1CC1. The van der Waals surface area contributed by atoms with E-state index in [-0.39, 0.29) is 0 Å². The minimum atomic E-state index is 0.805. The summed E-state index contributed by atoms with van der Waals surface area (Å²) in [4.78, 5) is 2.94. The van der Waals surface area contributed by atoms with Crippen LogP contribution in [0.3, 0.4) is 0 Å². The van der Waals surface area contributed by atoms with Crippen LogP contribution in [0, 0.1) is 5.92 Å². The maximum absolute atomic E-state index is 3.79. The minimum Gasteiger partial charge on any atom is -0.314 e. The second kappa shape index (κ2) is 6.13. The third-order valence-electron chi connectivity index (χ3n) is 5.59. The van der Waals surface area contributed by atoms with E-state index < -0.39 is 0 Å². The number of hydrogen-bond donors (Lipinski definition) is 1. The van der Waals surface area contributed by atoms with Gasteiger partial charge >= 0.3 is 0 Å². The topological polar surface area (TPSA) is 15.3 Å². The fourth-order valence-corrected chi connectivity index (χ4v) is 4.61. The highest BCUT2D eigenvalue weighted by atomic mass is 15.2. The first kappa shape index (κ1) is 13.9. The Morgan fingerprint density at radius 3 is 2.37 bits per heavy atom. The zero-order valence-corrected chi connectivity index (χ0v) is 12.9. The molecule has 2 bridgehead atoms. The molecular formula is C17H32N2. The number of nitrogens with one attached hydrogen (secondary N) is 1. The van der Waals surface area contributed by atoms with Crippen molar-refractivity contribution in [2.24, 2.45) is 5.92 Å². The maximum atomic E-state index is 3.79. The fourth-order valence-electron chi connectivity index (χ4n) is 4.61. The third kappa shape index (κ3) is 3.33. The second-order valence-corrected chi connectivity index (χ2v) is 7.34. The Morgan fingerprint density at radius 2 is 1.79 bits per heavy atom. The van der Waals surface area contributed by atoms with Crippen LogP contribution in [0.4, 0.5) is 0 Å². The van der Waals surface area contributed by atoms with Gasteiger partial charge in [0, 0.05) is 24.2 Å². The highest BCUT2D eigenvalue weighted by Gasteiger charge is 2.41. The summed E-state index contributed by atoms with van der Waals surface area (Å²) < 4.78 is 0. The van der Waals surface area contributed by atoms with Crippen molar-refractivity contribution in [3.63, 3.8) is 0 Å². The first-order chi connectivity index (χ1) is 9.28. The van der Waals surface area contributed by atoms with Crippen LogP contribution in [0.25, 0.3) is 0 Å². The Morgan fingerprint density at radius 1 is 1.11 bits per heavy atom. The summed E-state index contributed by atoms with van der Waals surface area (Å²) in [5, 5.41) is 3.79. The van der Waals surface area contributed by atoms with Gasteiger partial charge in [-0.3, -0.25) is 4.90 Å². The first-order valence-electron chi connectivity index (χ1n) is 8.78. The molecule has 3 atom stereocenters. The van der Waals surface area contributed by atoms with Crippen molar-refractivity contribution >= 4 is 0 Å². The van der Waals surface area contributed by atoms with Gasteiger partial charge in [-0.1, -0.05) is 26.2 Å². The Labute approximate surface area is 119 Å². The number of rotatable bonds is 6. The molecule has 0 spiro atoms. The van der Waals surface area contributed by atoms with Crippen LogP contribution in [0.5, 0.6) is 0 Å². The zero-order chi connectivity index (χ0) is 13.2. The van der Waals surface area contributed by atoms with E-state index >= 15 is 0 Å². The van der Waals surface area contributed by atoms with Crippen LogP contribution in [-0.4, -0.2) is 35.6 Å². The highest BCUT2D eigenvalue weighted by Crippen LogP contribution is 2.40. The lowest BCUT2D eigenvalue weighted by molar-refractivity contribution is -0.00921. The molecule has 3 aliphatic rings. The van der Waals surface area contributed by atoms with Gasteiger partial charge in [-0.05, 0) is 57.9 Å². The third-order valence-corrected chi connectivity index (χ3v) is 5.59. The predicted octanol–water partition coefficient (Wildman–Crippen LogP) is 3.56. The summed E-state index contributed by atoms with van der Waals surface area (Å²) in [5.41, 5.74) is 0. The van der Waals surface area contributed by atoms with Gasteiger partial charge in [0.25, 0.3) is 0 Å². The van der Waals surface area contributed by atoms with E-state index in [1.807, 2.05) is 0 Å². The number of nitrogens with zero attached hydrogens (tertiary/aromatic N) is 1. The molecule has 0 radical (unpaired) electrons. The molecular weight excluding hydrogens is 232 g/mol. The minimum absolute atomic E-state index is 0.805. The molecule has 0 amide bonds. The largest absolute Gasteiger partial charge is 0.314 e.